The van der Waals surface area contributed by atoms with Gasteiger partial charge in [-0.15, -0.1) is 0 Å². The van der Waals surface area contributed by atoms with Gasteiger partial charge in [0.15, 0.2) is 11.5 Å². The second-order valence-corrected chi connectivity index (χ2v) is 10.3. The first-order valence-corrected chi connectivity index (χ1v) is 13.3. The highest BCUT2D eigenvalue weighted by molar-refractivity contribution is 7.93. The van der Waals surface area contributed by atoms with Crippen LogP contribution in [0, 0.1) is 0 Å². The average Bonchev–Trinajstić information content (AvgIpc) is 2.81. The van der Waals surface area contributed by atoms with Crippen molar-refractivity contribution in [3.05, 3.63) is 66.7 Å². The molecule has 3 aromatic carbocycles. The van der Waals surface area contributed by atoms with Gasteiger partial charge in [-0.25, -0.2) is 16.8 Å². The molecule has 0 aliphatic carbocycles. The van der Waals surface area contributed by atoms with E-state index in [9.17, 15) is 16.8 Å². The number of hydrogen-bond acceptors (Lipinski definition) is 7. The van der Waals surface area contributed by atoms with Crippen molar-refractivity contribution in [1.82, 2.24) is 0 Å². The first kappa shape index (κ1) is 25.2. The summed E-state index contributed by atoms with van der Waals surface area (Å²) in [6.45, 7) is 4.36. The molecule has 0 atom stereocenters. The standard InChI is InChI=1S/C23H26N2O7S2/c1-4-31-22-15-14-21(16-23(22)32-5-2)34(28,29)25-18-8-12-20(13-9-18)33(26,27)24-17-6-10-19(30-3)11-7-17/h6-16,24-25H,4-5H2,1-3H3. The van der Waals surface area contributed by atoms with Gasteiger partial charge in [-0.3, -0.25) is 9.44 Å². The molecule has 9 nitrogen and oxygen atoms in total. The van der Waals surface area contributed by atoms with Gasteiger partial charge in [0.25, 0.3) is 20.0 Å². The number of nitrogens with one attached hydrogen (secondary N) is 2. The zero-order chi connectivity index (χ0) is 24.8. The van der Waals surface area contributed by atoms with Gasteiger partial charge in [0.05, 0.1) is 30.1 Å². The Hall–Kier alpha value is -3.44. The molecule has 0 saturated carbocycles. The normalized spacial score (nSPS) is 11.5. The maximum Gasteiger partial charge on any atom is 0.262 e. The van der Waals surface area contributed by atoms with Crippen LogP contribution in [0.1, 0.15) is 13.8 Å². The molecule has 0 aliphatic rings. The van der Waals surface area contributed by atoms with Crippen molar-refractivity contribution in [3.8, 4) is 17.2 Å². The lowest BCUT2D eigenvalue weighted by Crippen LogP contribution is -2.15. The van der Waals surface area contributed by atoms with Crippen molar-refractivity contribution in [2.24, 2.45) is 0 Å². The number of methoxy groups -OCH3 is 1. The van der Waals surface area contributed by atoms with Crippen LogP contribution in [0.15, 0.2) is 76.5 Å². The molecule has 0 saturated heterocycles. The highest BCUT2D eigenvalue weighted by atomic mass is 32.2. The van der Waals surface area contributed by atoms with Gasteiger partial charge >= 0.3 is 0 Å². The summed E-state index contributed by atoms with van der Waals surface area (Å²) in [5, 5.41) is 0. The molecule has 0 fully saturated rings. The Morgan fingerprint density at radius 2 is 1.12 bits per heavy atom. The quantitative estimate of drug-likeness (QED) is 0.402. The number of anilines is 2. The number of benzene rings is 3. The fraction of sp³-hybridized carbons (Fsp3) is 0.217. The lowest BCUT2D eigenvalue weighted by Gasteiger charge is -2.14. The van der Waals surface area contributed by atoms with Crippen LogP contribution < -0.4 is 23.7 Å². The summed E-state index contributed by atoms with van der Waals surface area (Å²) in [5.41, 5.74) is 0.571. The monoisotopic (exact) mass is 506 g/mol. The maximum absolute atomic E-state index is 12.9. The highest BCUT2D eigenvalue weighted by Crippen LogP contribution is 2.31. The number of rotatable bonds is 11. The van der Waals surface area contributed by atoms with Crippen LogP contribution in [0.4, 0.5) is 11.4 Å². The molecule has 0 bridgehead atoms. The average molecular weight is 507 g/mol. The second kappa shape index (κ2) is 10.7. The van der Waals surface area contributed by atoms with Crippen molar-refractivity contribution >= 4 is 31.4 Å². The van der Waals surface area contributed by atoms with Crippen molar-refractivity contribution in [1.29, 1.82) is 0 Å². The molecule has 11 heteroatoms. The van der Waals surface area contributed by atoms with Crippen LogP contribution >= 0.6 is 0 Å². The Bertz CT molecular complexity index is 1320. The summed E-state index contributed by atoms with van der Waals surface area (Å²) < 4.78 is 71.9. The first-order valence-electron chi connectivity index (χ1n) is 10.4. The van der Waals surface area contributed by atoms with Gasteiger partial charge in [-0.2, -0.15) is 0 Å². The predicted octanol–water partition coefficient (Wildman–Crippen LogP) is 4.09. The summed E-state index contributed by atoms with van der Waals surface area (Å²) in [4.78, 5) is -0.0387. The topological polar surface area (TPSA) is 120 Å². The number of sulfonamides is 2. The lowest BCUT2D eigenvalue weighted by atomic mass is 10.3. The summed E-state index contributed by atoms with van der Waals surface area (Å²) in [7, 11) is -6.30. The van der Waals surface area contributed by atoms with E-state index >= 15 is 0 Å². The largest absolute Gasteiger partial charge is 0.497 e. The van der Waals surface area contributed by atoms with Gasteiger partial charge in [0.2, 0.25) is 0 Å². The van der Waals surface area contributed by atoms with E-state index in [0.717, 1.165) is 0 Å². The van der Waals surface area contributed by atoms with Crippen LogP contribution in [-0.4, -0.2) is 37.2 Å². The third kappa shape index (κ3) is 6.12. The summed E-state index contributed by atoms with van der Waals surface area (Å²) in [6, 6.07) is 16.1. The Labute approximate surface area is 199 Å². The SMILES string of the molecule is CCOc1ccc(S(=O)(=O)Nc2ccc(S(=O)(=O)Nc3ccc(OC)cc3)cc2)cc1OCC. The lowest BCUT2D eigenvalue weighted by molar-refractivity contribution is 0.287. The van der Waals surface area contributed by atoms with Gasteiger partial charge in [-0.1, -0.05) is 0 Å². The third-order valence-electron chi connectivity index (χ3n) is 4.58. The molecular formula is C23H26N2O7S2. The third-order valence-corrected chi connectivity index (χ3v) is 7.36. The molecule has 0 aromatic heterocycles. The van der Waals surface area contributed by atoms with E-state index in [2.05, 4.69) is 9.44 Å². The minimum atomic E-state index is -3.95. The maximum atomic E-state index is 12.9. The van der Waals surface area contributed by atoms with Crippen LogP contribution in [0.25, 0.3) is 0 Å². The van der Waals surface area contributed by atoms with Crippen molar-refractivity contribution in [3.63, 3.8) is 0 Å². The van der Waals surface area contributed by atoms with E-state index < -0.39 is 20.0 Å². The summed E-state index contributed by atoms with van der Waals surface area (Å²) in [6.07, 6.45) is 0. The summed E-state index contributed by atoms with van der Waals surface area (Å²) >= 11 is 0. The van der Waals surface area contributed by atoms with E-state index in [1.807, 2.05) is 6.92 Å². The molecule has 3 aromatic rings. The van der Waals surface area contributed by atoms with Gasteiger partial charge < -0.3 is 14.2 Å². The van der Waals surface area contributed by atoms with Gasteiger partial charge in [-0.05, 0) is 74.5 Å². The van der Waals surface area contributed by atoms with Gasteiger partial charge in [0, 0.05) is 17.4 Å². The van der Waals surface area contributed by atoms with Crippen LogP contribution in [-0.2, 0) is 20.0 Å². The zero-order valence-electron chi connectivity index (χ0n) is 18.9. The van der Waals surface area contributed by atoms with Crippen LogP contribution in [0.2, 0.25) is 0 Å². The fourth-order valence-corrected chi connectivity index (χ4v) is 5.12. The smallest absolute Gasteiger partial charge is 0.262 e. The number of ether oxygens (including phenoxy) is 3. The molecule has 0 aliphatic heterocycles. The molecule has 2 N–H and O–H groups in total. The highest BCUT2D eigenvalue weighted by Gasteiger charge is 2.19. The molecule has 34 heavy (non-hydrogen) atoms. The van der Waals surface area contributed by atoms with Crippen LogP contribution in [0.5, 0.6) is 17.2 Å². The Morgan fingerprint density at radius 1 is 0.647 bits per heavy atom. The van der Waals surface area contributed by atoms with Crippen molar-refractivity contribution < 1.29 is 31.0 Å². The Morgan fingerprint density at radius 3 is 1.65 bits per heavy atom. The Kier molecular flexibility index (Phi) is 7.90. The molecular weight excluding hydrogens is 480 g/mol. The zero-order valence-corrected chi connectivity index (χ0v) is 20.6. The predicted molar refractivity (Wildman–Crippen MR) is 130 cm³/mol. The fourth-order valence-electron chi connectivity index (χ4n) is 2.99. The summed E-state index contributed by atoms with van der Waals surface area (Å²) in [5.74, 6) is 1.36. The molecule has 0 heterocycles. The van der Waals surface area contributed by atoms with E-state index in [1.54, 1.807) is 31.2 Å². The molecule has 182 valence electrons. The van der Waals surface area contributed by atoms with Crippen LogP contribution in [0.3, 0.4) is 0 Å². The van der Waals surface area contributed by atoms with Gasteiger partial charge in [0.1, 0.15) is 5.75 Å². The van der Waals surface area contributed by atoms with E-state index in [1.165, 1.54) is 49.6 Å². The molecule has 0 spiro atoms. The van der Waals surface area contributed by atoms with Crippen molar-refractivity contribution in [2.45, 2.75) is 23.6 Å². The Balaban J connectivity index is 1.77. The number of hydrogen-bond donors (Lipinski definition) is 2. The molecule has 0 unspecified atom stereocenters. The molecule has 0 radical (unpaired) electrons. The first-order chi connectivity index (χ1) is 16.2. The molecule has 3 rings (SSSR count). The van der Waals surface area contributed by atoms with E-state index in [0.29, 0.717) is 36.1 Å². The van der Waals surface area contributed by atoms with E-state index in [4.69, 9.17) is 14.2 Å². The van der Waals surface area contributed by atoms with Crippen molar-refractivity contribution in [2.75, 3.05) is 29.8 Å². The van der Waals surface area contributed by atoms with E-state index in [-0.39, 0.29) is 15.5 Å². The minimum Gasteiger partial charge on any atom is -0.497 e. The molecule has 0 amide bonds. The minimum absolute atomic E-state index is 0.0164. The second-order valence-electron chi connectivity index (χ2n) is 6.94.